The highest BCUT2D eigenvalue weighted by Crippen LogP contribution is 2.26. The molecule has 152 valence electrons. The molecule has 0 aliphatic heterocycles. The van der Waals surface area contributed by atoms with E-state index >= 15 is 0 Å². The molecule has 1 aromatic heterocycles. The third kappa shape index (κ3) is 4.71. The molecule has 1 heterocycles. The Morgan fingerprint density at radius 1 is 1.17 bits per heavy atom. The Bertz CT molecular complexity index is 996. The Balaban J connectivity index is 1.78. The average Bonchev–Trinajstić information content (AvgIpc) is 3.03. The standard InChI is InChI=1S/C22H23ClN2O4/c1-14-19(15(2)29-24-14)13-28-21-8-6-5-7-18(21)22(26)25(3)12-16-11-17(23)9-10-20(16)27-4/h5-11H,12-13H2,1-4H3. The van der Waals surface area contributed by atoms with Crippen molar-refractivity contribution >= 4 is 17.5 Å². The van der Waals surface area contributed by atoms with Gasteiger partial charge in [0, 0.05) is 24.2 Å². The third-order valence-electron chi connectivity index (χ3n) is 4.67. The zero-order chi connectivity index (χ0) is 21.0. The molecule has 0 aliphatic carbocycles. The summed E-state index contributed by atoms with van der Waals surface area (Å²) in [7, 11) is 3.32. The van der Waals surface area contributed by atoms with Crippen molar-refractivity contribution in [1.29, 1.82) is 0 Å². The fourth-order valence-corrected chi connectivity index (χ4v) is 3.23. The van der Waals surface area contributed by atoms with Crippen LogP contribution in [0.3, 0.4) is 0 Å². The first-order valence-electron chi connectivity index (χ1n) is 9.12. The van der Waals surface area contributed by atoms with E-state index in [9.17, 15) is 4.79 Å². The highest BCUT2D eigenvalue weighted by Gasteiger charge is 2.19. The predicted octanol–water partition coefficient (Wildman–Crippen LogP) is 4.80. The van der Waals surface area contributed by atoms with Crippen molar-refractivity contribution in [1.82, 2.24) is 10.1 Å². The lowest BCUT2D eigenvalue weighted by Gasteiger charge is -2.20. The summed E-state index contributed by atoms with van der Waals surface area (Å²) in [5.74, 6) is 1.72. The SMILES string of the molecule is COc1ccc(Cl)cc1CN(C)C(=O)c1ccccc1OCc1c(C)noc1C. The van der Waals surface area contributed by atoms with Crippen molar-refractivity contribution in [3.8, 4) is 11.5 Å². The summed E-state index contributed by atoms with van der Waals surface area (Å²) in [4.78, 5) is 14.7. The molecule has 29 heavy (non-hydrogen) atoms. The number of methoxy groups -OCH3 is 1. The van der Waals surface area contributed by atoms with Crippen molar-refractivity contribution in [3.05, 3.63) is 75.6 Å². The molecule has 0 saturated carbocycles. The maximum Gasteiger partial charge on any atom is 0.257 e. The summed E-state index contributed by atoms with van der Waals surface area (Å²) in [6.45, 7) is 4.32. The molecule has 0 spiro atoms. The molecule has 0 atom stereocenters. The molecule has 0 unspecified atom stereocenters. The lowest BCUT2D eigenvalue weighted by atomic mass is 10.1. The van der Waals surface area contributed by atoms with Crippen LogP contribution >= 0.6 is 11.6 Å². The molecule has 0 aliphatic rings. The van der Waals surface area contributed by atoms with Crippen molar-refractivity contribution in [3.63, 3.8) is 0 Å². The van der Waals surface area contributed by atoms with Gasteiger partial charge in [-0.2, -0.15) is 0 Å². The number of aryl methyl sites for hydroxylation is 2. The summed E-state index contributed by atoms with van der Waals surface area (Å²) in [6.07, 6.45) is 0. The molecule has 0 bridgehead atoms. The van der Waals surface area contributed by atoms with Gasteiger partial charge in [-0.1, -0.05) is 28.9 Å². The molecular formula is C22H23ClN2O4. The molecule has 7 heteroatoms. The monoisotopic (exact) mass is 414 g/mol. The molecule has 3 rings (SSSR count). The van der Waals surface area contributed by atoms with Crippen molar-refractivity contribution < 1.29 is 18.8 Å². The first kappa shape index (κ1) is 20.7. The maximum absolute atomic E-state index is 13.1. The van der Waals surface area contributed by atoms with Gasteiger partial charge in [0.05, 0.1) is 23.9 Å². The van der Waals surface area contributed by atoms with Crippen LogP contribution in [0, 0.1) is 13.8 Å². The second kappa shape index (κ2) is 9.01. The van der Waals surface area contributed by atoms with Crippen LogP contribution in [0.25, 0.3) is 0 Å². The summed E-state index contributed by atoms with van der Waals surface area (Å²) in [5, 5.41) is 4.52. The van der Waals surface area contributed by atoms with Gasteiger partial charge in [0.25, 0.3) is 5.91 Å². The summed E-state index contributed by atoms with van der Waals surface area (Å²) < 4.78 is 16.5. The maximum atomic E-state index is 13.1. The predicted molar refractivity (Wildman–Crippen MR) is 111 cm³/mol. The number of carbonyl (C=O) groups excluding carboxylic acids is 1. The number of hydrogen-bond donors (Lipinski definition) is 0. The van der Waals surface area contributed by atoms with E-state index in [1.54, 1.807) is 49.4 Å². The molecule has 0 saturated heterocycles. The van der Waals surface area contributed by atoms with Crippen LogP contribution in [-0.4, -0.2) is 30.1 Å². The number of amides is 1. The van der Waals surface area contributed by atoms with E-state index in [0.29, 0.717) is 34.4 Å². The van der Waals surface area contributed by atoms with Crippen LogP contribution in [0.5, 0.6) is 11.5 Å². The molecular weight excluding hydrogens is 392 g/mol. The van der Waals surface area contributed by atoms with Crippen LogP contribution < -0.4 is 9.47 Å². The number of hydrogen-bond acceptors (Lipinski definition) is 5. The topological polar surface area (TPSA) is 64.8 Å². The van der Waals surface area contributed by atoms with Gasteiger partial charge in [-0.05, 0) is 44.2 Å². The second-order valence-corrected chi connectivity index (χ2v) is 7.14. The number of nitrogens with zero attached hydrogens (tertiary/aromatic N) is 2. The minimum atomic E-state index is -0.165. The Morgan fingerprint density at radius 2 is 1.93 bits per heavy atom. The molecule has 2 aromatic carbocycles. The third-order valence-corrected chi connectivity index (χ3v) is 4.90. The van der Waals surface area contributed by atoms with Gasteiger partial charge < -0.3 is 18.9 Å². The number of halogens is 1. The van der Waals surface area contributed by atoms with E-state index in [0.717, 1.165) is 16.8 Å². The Hall–Kier alpha value is -2.99. The van der Waals surface area contributed by atoms with E-state index in [1.165, 1.54) is 0 Å². The van der Waals surface area contributed by atoms with Crippen molar-refractivity contribution in [2.75, 3.05) is 14.2 Å². The number of benzene rings is 2. The molecule has 0 fully saturated rings. The van der Waals surface area contributed by atoms with Gasteiger partial charge in [0.15, 0.2) is 0 Å². The highest BCUT2D eigenvalue weighted by molar-refractivity contribution is 6.30. The van der Waals surface area contributed by atoms with Gasteiger partial charge >= 0.3 is 0 Å². The van der Waals surface area contributed by atoms with Gasteiger partial charge in [-0.25, -0.2) is 0 Å². The van der Waals surface area contributed by atoms with Crippen LogP contribution in [0.4, 0.5) is 0 Å². The Morgan fingerprint density at radius 3 is 2.62 bits per heavy atom. The van der Waals surface area contributed by atoms with E-state index in [1.807, 2.05) is 26.0 Å². The number of rotatable bonds is 7. The Kier molecular flexibility index (Phi) is 6.44. The van der Waals surface area contributed by atoms with Crippen LogP contribution in [0.15, 0.2) is 47.0 Å². The number of ether oxygens (including phenoxy) is 2. The Labute approximate surface area is 175 Å². The zero-order valence-electron chi connectivity index (χ0n) is 16.9. The summed E-state index contributed by atoms with van der Waals surface area (Å²) in [5.41, 5.74) is 2.95. The largest absolute Gasteiger partial charge is 0.496 e. The minimum absolute atomic E-state index is 0.165. The fraction of sp³-hybridized carbons (Fsp3) is 0.273. The first-order valence-corrected chi connectivity index (χ1v) is 9.50. The molecule has 3 aromatic rings. The summed E-state index contributed by atoms with van der Waals surface area (Å²) >= 11 is 6.10. The lowest BCUT2D eigenvalue weighted by molar-refractivity contribution is 0.0779. The lowest BCUT2D eigenvalue weighted by Crippen LogP contribution is -2.27. The molecule has 6 nitrogen and oxygen atoms in total. The van der Waals surface area contributed by atoms with Crippen molar-refractivity contribution in [2.24, 2.45) is 0 Å². The first-order chi connectivity index (χ1) is 13.9. The highest BCUT2D eigenvalue weighted by atomic mass is 35.5. The van der Waals surface area contributed by atoms with Crippen molar-refractivity contribution in [2.45, 2.75) is 27.0 Å². The van der Waals surface area contributed by atoms with Gasteiger partial charge in [0.2, 0.25) is 0 Å². The quantitative estimate of drug-likeness (QED) is 0.555. The zero-order valence-corrected chi connectivity index (χ0v) is 17.6. The molecule has 1 amide bonds. The number of aromatic nitrogens is 1. The van der Waals surface area contributed by atoms with E-state index < -0.39 is 0 Å². The normalized spacial score (nSPS) is 10.7. The van der Waals surface area contributed by atoms with E-state index in [2.05, 4.69) is 5.16 Å². The van der Waals surface area contributed by atoms with E-state index in [4.69, 9.17) is 25.6 Å². The average molecular weight is 415 g/mol. The van der Waals surface area contributed by atoms with Gasteiger partial charge in [0.1, 0.15) is 23.9 Å². The second-order valence-electron chi connectivity index (χ2n) is 6.70. The number of para-hydroxylation sites is 1. The molecule has 0 radical (unpaired) electrons. The van der Waals surface area contributed by atoms with Crippen LogP contribution in [0.2, 0.25) is 5.02 Å². The summed E-state index contributed by atoms with van der Waals surface area (Å²) in [6, 6.07) is 12.5. The van der Waals surface area contributed by atoms with Gasteiger partial charge in [-0.15, -0.1) is 0 Å². The molecule has 0 N–H and O–H groups in total. The smallest absolute Gasteiger partial charge is 0.257 e. The van der Waals surface area contributed by atoms with Gasteiger partial charge in [-0.3, -0.25) is 4.79 Å². The minimum Gasteiger partial charge on any atom is -0.496 e. The fourth-order valence-electron chi connectivity index (χ4n) is 3.03. The van der Waals surface area contributed by atoms with Crippen LogP contribution in [-0.2, 0) is 13.2 Å². The van der Waals surface area contributed by atoms with Crippen LogP contribution in [0.1, 0.15) is 32.9 Å². The van der Waals surface area contributed by atoms with E-state index in [-0.39, 0.29) is 12.5 Å². The number of carbonyl (C=O) groups is 1.